The van der Waals surface area contributed by atoms with E-state index < -0.39 is 23.0 Å². The number of pyridine rings is 1. The van der Waals surface area contributed by atoms with Crippen LogP contribution in [-0.2, 0) is 4.79 Å². The summed E-state index contributed by atoms with van der Waals surface area (Å²) < 4.78 is 15.5. The molecule has 0 aliphatic carbocycles. The van der Waals surface area contributed by atoms with Crippen molar-refractivity contribution < 1.29 is 19.4 Å². The third-order valence-corrected chi connectivity index (χ3v) is 3.90. The summed E-state index contributed by atoms with van der Waals surface area (Å²) in [6, 6.07) is 5.43. The highest BCUT2D eigenvalue weighted by molar-refractivity contribution is 6.31. The SMILES string of the molecule is O=C(O)CC/C(O)=c1\c(=O)cc(-c2cccc(Cl)c2F)n2ncnc12. The maximum Gasteiger partial charge on any atom is 0.303 e. The first-order valence-corrected chi connectivity index (χ1v) is 7.53. The average Bonchev–Trinajstić information content (AvgIpc) is 3.04. The van der Waals surface area contributed by atoms with E-state index in [-0.39, 0.29) is 40.0 Å². The van der Waals surface area contributed by atoms with Crippen LogP contribution in [0.2, 0.25) is 5.02 Å². The second kappa shape index (κ2) is 6.48. The maximum absolute atomic E-state index is 14.3. The number of carbonyl (C=O) groups is 1. The quantitative estimate of drug-likeness (QED) is 0.732. The molecular formula is C16H11ClFN3O4. The number of aromatic nitrogens is 3. The standard InChI is InChI=1S/C16H11ClFN3O4/c17-9-3-1-2-8(15(9)18)10-6-12(23)14(11(22)4-5-13(24)25)16-19-7-20-21(10)16/h1-3,6-7,22H,4-5H2,(H,24,25)/b14-11-. The van der Waals surface area contributed by atoms with E-state index in [9.17, 15) is 19.1 Å². The van der Waals surface area contributed by atoms with Crippen LogP contribution in [0.3, 0.4) is 0 Å². The molecule has 0 amide bonds. The predicted octanol–water partition coefficient (Wildman–Crippen LogP) is 1.80. The van der Waals surface area contributed by atoms with E-state index in [1.165, 1.54) is 22.7 Å². The number of hydrogen-bond acceptors (Lipinski definition) is 5. The molecule has 0 bridgehead atoms. The number of aliphatic hydroxyl groups is 1. The molecule has 0 saturated heterocycles. The number of fused-ring (bicyclic) bond motifs is 1. The van der Waals surface area contributed by atoms with Crippen LogP contribution in [0.25, 0.3) is 22.7 Å². The van der Waals surface area contributed by atoms with Crippen LogP contribution in [0.1, 0.15) is 12.8 Å². The van der Waals surface area contributed by atoms with Gasteiger partial charge in [0.05, 0.1) is 17.1 Å². The maximum atomic E-state index is 14.3. The van der Waals surface area contributed by atoms with Crippen LogP contribution >= 0.6 is 11.6 Å². The van der Waals surface area contributed by atoms with Crippen molar-refractivity contribution in [2.75, 3.05) is 0 Å². The van der Waals surface area contributed by atoms with E-state index >= 15 is 0 Å². The molecule has 9 heteroatoms. The number of rotatable bonds is 4. The largest absolute Gasteiger partial charge is 0.511 e. The van der Waals surface area contributed by atoms with Gasteiger partial charge in [0.2, 0.25) is 0 Å². The first-order valence-electron chi connectivity index (χ1n) is 7.15. The average molecular weight is 364 g/mol. The minimum atomic E-state index is -1.12. The number of aliphatic hydroxyl groups excluding tert-OH is 1. The summed E-state index contributed by atoms with van der Waals surface area (Å²) in [6.45, 7) is 0. The lowest BCUT2D eigenvalue weighted by molar-refractivity contribution is -0.136. The van der Waals surface area contributed by atoms with E-state index in [1.54, 1.807) is 0 Å². The highest BCUT2D eigenvalue weighted by atomic mass is 35.5. The van der Waals surface area contributed by atoms with E-state index in [2.05, 4.69) is 10.1 Å². The van der Waals surface area contributed by atoms with Crippen LogP contribution in [0, 0.1) is 5.82 Å². The molecule has 0 radical (unpaired) electrons. The van der Waals surface area contributed by atoms with Gasteiger partial charge in [-0.05, 0) is 12.1 Å². The zero-order chi connectivity index (χ0) is 18.1. The molecule has 1 aromatic carbocycles. The first kappa shape index (κ1) is 16.8. The molecule has 0 spiro atoms. The molecule has 7 nitrogen and oxygen atoms in total. The number of carboxylic acid groups (broad SMARTS) is 1. The lowest BCUT2D eigenvalue weighted by atomic mass is 10.1. The van der Waals surface area contributed by atoms with Crippen LogP contribution in [0.5, 0.6) is 0 Å². The number of nitrogens with zero attached hydrogens (tertiary/aromatic N) is 3. The molecule has 25 heavy (non-hydrogen) atoms. The van der Waals surface area contributed by atoms with Gasteiger partial charge in [0.15, 0.2) is 16.9 Å². The predicted molar refractivity (Wildman–Crippen MR) is 87.8 cm³/mol. The monoisotopic (exact) mass is 363 g/mol. The van der Waals surface area contributed by atoms with Gasteiger partial charge in [-0.2, -0.15) is 5.10 Å². The fraction of sp³-hybridized carbons (Fsp3) is 0.125. The summed E-state index contributed by atoms with van der Waals surface area (Å²) in [7, 11) is 0. The Bertz CT molecular complexity index is 1100. The zero-order valence-corrected chi connectivity index (χ0v) is 13.4. The summed E-state index contributed by atoms with van der Waals surface area (Å²) in [5.41, 5.74) is -0.452. The van der Waals surface area contributed by atoms with Crippen molar-refractivity contribution in [1.29, 1.82) is 0 Å². The van der Waals surface area contributed by atoms with Crippen LogP contribution in [-0.4, -0.2) is 30.8 Å². The highest BCUT2D eigenvalue weighted by Crippen LogP contribution is 2.26. The van der Waals surface area contributed by atoms with Crippen molar-refractivity contribution >= 4 is 29.0 Å². The van der Waals surface area contributed by atoms with Crippen molar-refractivity contribution in [2.24, 2.45) is 0 Å². The normalized spacial score (nSPS) is 12.4. The van der Waals surface area contributed by atoms with Gasteiger partial charge in [0, 0.05) is 18.1 Å². The summed E-state index contributed by atoms with van der Waals surface area (Å²) in [5.74, 6) is -2.25. The van der Waals surface area contributed by atoms with Gasteiger partial charge in [-0.1, -0.05) is 17.7 Å². The Labute approximate surface area is 144 Å². The second-order valence-corrected chi connectivity index (χ2v) is 5.61. The first-order chi connectivity index (χ1) is 11.9. The topological polar surface area (TPSA) is 105 Å². The molecule has 0 unspecified atom stereocenters. The number of aliphatic carboxylic acids is 1. The third-order valence-electron chi connectivity index (χ3n) is 3.61. The minimum absolute atomic E-state index is 0.00441. The van der Waals surface area contributed by atoms with Gasteiger partial charge >= 0.3 is 5.97 Å². The van der Waals surface area contributed by atoms with Gasteiger partial charge in [-0.3, -0.25) is 9.59 Å². The molecule has 3 rings (SSSR count). The Morgan fingerprint density at radius 2 is 2.04 bits per heavy atom. The number of carboxylic acids is 1. The fourth-order valence-corrected chi connectivity index (χ4v) is 2.65. The van der Waals surface area contributed by atoms with Gasteiger partial charge < -0.3 is 10.2 Å². The zero-order valence-electron chi connectivity index (χ0n) is 12.6. The molecule has 128 valence electrons. The highest BCUT2D eigenvalue weighted by Gasteiger charge is 2.17. The van der Waals surface area contributed by atoms with E-state index in [1.807, 2.05) is 0 Å². The molecule has 2 heterocycles. The Morgan fingerprint density at radius 3 is 2.76 bits per heavy atom. The van der Waals surface area contributed by atoms with Crippen molar-refractivity contribution in [3.8, 4) is 11.3 Å². The molecule has 2 aromatic heterocycles. The molecule has 0 aliphatic heterocycles. The lowest BCUT2D eigenvalue weighted by Gasteiger charge is -2.07. The fourth-order valence-electron chi connectivity index (χ4n) is 2.47. The second-order valence-electron chi connectivity index (χ2n) is 5.21. The Kier molecular flexibility index (Phi) is 4.37. The van der Waals surface area contributed by atoms with Gasteiger partial charge in [-0.15, -0.1) is 0 Å². The number of halogens is 2. The van der Waals surface area contributed by atoms with E-state index in [0.29, 0.717) is 0 Å². The molecule has 0 atom stereocenters. The van der Waals surface area contributed by atoms with Gasteiger partial charge in [-0.25, -0.2) is 13.9 Å². The smallest absolute Gasteiger partial charge is 0.303 e. The van der Waals surface area contributed by atoms with Crippen LogP contribution in [0.15, 0.2) is 35.4 Å². The van der Waals surface area contributed by atoms with Crippen molar-refractivity contribution in [2.45, 2.75) is 12.8 Å². The number of hydrogen-bond donors (Lipinski definition) is 2. The summed E-state index contributed by atoms with van der Waals surface area (Å²) >= 11 is 5.78. The molecular weight excluding hydrogens is 353 g/mol. The Hall–Kier alpha value is -3.00. The van der Waals surface area contributed by atoms with E-state index in [0.717, 1.165) is 12.4 Å². The summed E-state index contributed by atoms with van der Waals surface area (Å²) in [5, 5.41) is 22.5. The van der Waals surface area contributed by atoms with Crippen LogP contribution < -0.4 is 10.6 Å². The Morgan fingerprint density at radius 1 is 1.28 bits per heavy atom. The molecule has 0 saturated carbocycles. The number of benzene rings is 1. The summed E-state index contributed by atoms with van der Waals surface area (Å²) in [6.07, 6.45) is 0.558. The van der Waals surface area contributed by atoms with Crippen molar-refractivity contribution in [1.82, 2.24) is 14.6 Å². The Balaban J connectivity index is 2.30. The molecule has 0 aliphatic rings. The molecule has 2 N–H and O–H groups in total. The van der Waals surface area contributed by atoms with Gasteiger partial charge in [0.25, 0.3) is 0 Å². The summed E-state index contributed by atoms with van der Waals surface area (Å²) in [4.78, 5) is 27.0. The third kappa shape index (κ3) is 3.03. The minimum Gasteiger partial charge on any atom is -0.511 e. The molecule has 3 aromatic rings. The van der Waals surface area contributed by atoms with Crippen LogP contribution in [0.4, 0.5) is 4.39 Å². The lowest BCUT2D eigenvalue weighted by Crippen LogP contribution is -2.30. The van der Waals surface area contributed by atoms with Gasteiger partial charge in [0.1, 0.15) is 17.3 Å². The van der Waals surface area contributed by atoms with Crippen molar-refractivity contribution in [3.05, 3.63) is 56.9 Å². The van der Waals surface area contributed by atoms with Crippen molar-refractivity contribution in [3.63, 3.8) is 0 Å². The molecule has 0 fully saturated rings. The van der Waals surface area contributed by atoms with E-state index in [4.69, 9.17) is 16.7 Å².